The lowest BCUT2D eigenvalue weighted by Gasteiger charge is -2.42. The SMILES string of the molecule is CCOC(=O)c1sc(NC(=O)N[C@@H]2CCN(CC(C)=O)C[C@H]2CN2CCC[C@@H](Cc3ccc(F)cc3)C2)nc1C. The van der Waals surface area contributed by atoms with E-state index in [1.54, 1.807) is 20.8 Å². The Morgan fingerprint density at radius 1 is 1.12 bits per heavy atom. The topological polar surface area (TPSA) is 104 Å². The molecule has 40 heavy (non-hydrogen) atoms. The maximum absolute atomic E-state index is 13.3. The van der Waals surface area contributed by atoms with Gasteiger partial charge in [0.05, 0.1) is 18.8 Å². The predicted molar refractivity (Wildman–Crippen MR) is 153 cm³/mol. The number of nitrogens with zero attached hydrogens (tertiary/aromatic N) is 3. The number of likely N-dealkylation sites (tertiary alicyclic amines) is 2. The normalized spacial score (nSPS) is 22.1. The number of carbonyl (C=O) groups excluding carboxylic acids is 3. The molecule has 3 heterocycles. The number of thiazole rings is 1. The van der Waals surface area contributed by atoms with E-state index in [2.05, 4.69) is 25.4 Å². The summed E-state index contributed by atoms with van der Waals surface area (Å²) in [6, 6.07) is 6.36. The van der Waals surface area contributed by atoms with Gasteiger partial charge < -0.3 is 15.0 Å². The molecule has 11 heteroatoms. The summed E-state index contributed by atoms with van der Waals surface area (Å²) in [6.45, 7) is 9.99. The minimum atomic E-state index is -0.442. The Morgan fingerprint density at radius 2 is 1.90 bits per heavy atom. The van der Waals surface area contributed by atoms with Gasteiger partial charge in [-0.15, -0.1) is 0 Å². The van der Waals surface area contributed by atoms with Gasteiger partial charge in [-0.2, -0.15) is 0 Å². The fourth-order valence-electron chi connectivity index (χ4n) is 5.85. The number of aryl methyl sites for hydroxylation is 1. The Balaban J connectivity index is 1.38. The number of ether oxygens (including phenoxy) is 1. The molecule has 0 saturated carbocycles. The van der Waals surface area contributed by atoms with Crippen molar-refractivity contribution in [2.75, 3.05) is 51.2 Å². The smallest absolute Gasteiger partial charge is 0.350 e. The second-order valence-corrected chi connectivity index (χ2v) is 11.9. The number of esters is 1. The van der Waals surface area contributed by atoms with Crippen molar-refractivity contribution in [1.82, 2.24) is 20.1 Å². The van der Waals surface area contributed by atoms with E-state index >= 15 is 0 Å². The van der Waals surface area contributed by atoms with Gasteiger partial charge in [-0.3, -0.25) is 15.0 Å². The van der Waals surface area contributed by atoms with E-state index in [0.29, 0.717) is 28.2 Å². The van der Waals surface area contributed by atoms with E-state index in [1.165, 1.54) is 12.1 Å². The molecule has 2 fully saturated rings. The number of anilines is 1. The van der Waals surface area contributed by atoms with Gasteiger partial charge in [0.2, 0.25) is 0 Å². The molecule has 0 bridgehead atoms. The summed E-state index contributed by atoms with van der Waals surface area (Å²) in [7, 11) is 0. The van der Waals surface area contributed by atoms with Gasteiger partial charge in [-0.25, -0.2) is 19.0 Å². The molecule has 218 valence electrons. The number of carbonyl (C=O) groups is 3. The van der Waals surface area contributed by atoms with E-state index in [-0.39, 0.29) is 36.2 Å². The van der Waals surface area contributed by atoms with E-state index in [0.717, 1.165) is 75.3 Å². The van der Waals surface area contributed by atoms with Crippen LogP contribution < -0.4 is 10.6 Å². The summed E-state index contributed by atoms with van der Waals surface area (Å²) in [6.07, 6.45) is 3.90. The zero-order chi connectivity index (χ0) is 28.6. The van der Waals surface area contributed by atoms with E-state index in [9.17, 15) is 18.8 Å². The average Bonchev–Trinajstić information content (AvgIpc) is 3.26. The highest BCUT2D eigenvalue weighted by Crippen LogP contribution is 2.26. The van der Waals surface area contributed by atoms with E-state index < -0.39 is 5.97 Å². The third-order valence-corrected chi connectivity index (χ3v) is 8.65. The number of benzene rings is 1. The molecule has 9 nitrogen and oxygen atoms in total. The van der Waals surface area contributed by atoms with Gasteiger partial charge in [-0.1, -0.05) is 23.5 Å². The van der Waals surface area contributed by atoms with Crippen LogP contribution in [-0.2, 0) is 16.0 Å². The molecular weight excluding hydrogens is 533 g/mol. The van der Waals surface area contributed by atoms with Crippen LogP contribution >= 0.6 is 11.3 Å². The number of urea groups is 1. The maximum Gasteiger partial charge on any atom is 0.350 e. The number of amides is 2. The molecule has 2 aliphatic rings. The van der Waals surface area contributed by atoms with Crippen molar-refractivity contribution in [2.24, 2.45) is 11.8 Å². The van der Waals surface area contributed by atoms with Gasteiger partial charge in [0.1, 0.15) is 16.5 Å². The van der Waals surface area contributed by atoms with Crippen molar-refractivity contribution in [3.05, 3.63) is 46.2 Å². The van der Waals surface area contributed by atoms with Gasteiger partial charge in [-0.05, 0) is 76.6 Å². The van der Waals surface area contributed by atoms with Crippen LogP contribution in [0.2, 0.25) is 0 Å². The molecule has 2 saturated heterocycles. The molecule has 2 aromatic rings. The largest absolute Gasteiger partial charge is 0.462 e. The van der Waals surface area contributed by atoms with Crippen LogP contribution in [-0.4, -0.2) is 84.5 Å². The number of hydrogen-bond donors (Lipinski definition) is 2. The molecule has 2 N–H and O–H groups in total. The van der Waals surface area contributed by atoms with Gasteiger partial charge >= 0.3 is 12.0 Å². The third kappa shape index (κ3) is 8.55. The van der Waals surface area contributed by atoms with Crippen molar-refractivity contribution in [3.8, 4) is 0 Å². The van der Waals surface area contributed by atoms with Crippen molar-refractivity contribution in [3.63, 3.8) is 0 Å². The summed E-state index contributed by atoms with van der Waals surface area (Å²) in [5.74, 6) is 0.123. The van der Waals surface area contributed by atoms with Gasteiger partial charge in [0.25, 0.3) is 0 Å². The lowest BCUT2D eigenvalue weighted by atomic mass is 9.88. The lowest BCUT2D eigenvalue weighted by Crippen LogP contribution is -2.56. The number of rotatable bonds is 10. The van der Waals surface area contributed by atoms with E-state index in [1.807, 2.05) is 12.1 Å². The number of ketones is 1. The highest BCUT2D eigenvalue weighted by Gasteiger charge is 2.33. The Morgan fingerprint density at radius 3 is 2.62 bits per heavy atom. The summed E-state index contributed by atoms with van der Waals surface area (Å²) in [4.78, 5) is 46.3. The summed E-state index contributed by atoms with van der Waals surface area (Å²) in [5, 5.41) is 6.29. The molecule has 0 aliphatic carbocycles. The third-order valence-electron chi connectivity index (χ3n) is 7.59. The van der Waals surface area contributed by atoms with Gasteiger partial charge in [0.15, 0.2) is 5.13 Å². The Bertz CT molecular complexity index is 1170. The molecule has 1 aromatic heterocycles. The number of Topliss-reactive ketones (excluding diaryl/α,β-unsaturated/α-hetero) is 1. The summed E-state index contributed by atoms with van der Waals surface area (Å²) >= 11 is 1.10. The van der Waals surface area contributed by atoms with Crippen molar-refractivity contribution < 1.29 is 23.5 Å². The minimum absolute atomic E-state index is 0.0636. The van der Waals surface area contributed by atoms with Crippen molar-refractivity contribution >= 4 is 34.3 Å². The number of hydrogen-bond acceptors (Lipinski definition) is 8. The second kappa shape index (κ2) is 14.1. The number of aromatic nitrogens is 1. The molecule has 2 aliphatic heterocycles. The second-order valence-electron chi connectivity index (χ2n) is 10.9. The van der Waals surface area contributed by atoms with Crippen LogP contribution in [0.4, 0.5) is 14.3 Å². The van der Waals surface area contributed by atoms with Crippen molar-refractivity contribution in [2.45, 2.75) is 52.5 Å². The Kier molecular flexibility index (Phi) is 10.6. The first kappa shape index (κ1) is 30.1. The summed E-state index contributed by atoms with van der Waals surface area (Å²) in [5.41, 5.74) is 1.67. The van der Waals surface area contributed by atoms with Crippen LogP contribution in [0.15, 0.2) is 24.3 Å². The first-order chi connectivity index (χ1) is 19.2. The monoisotopic (exact) mass is 573 g/mol. The fraction of sp³-hybridized carbons (Fsp3) is 0.586. The molecule has 0 spiro atoms. The standard InChI is InChI=1S/C29H40FN5O4S/c1-4-39-27(37)26-20(3)31-29(40-26)33-28(38)32-25-11-13-35(15-19(2)36)18-23(25)17-34-12-5-6-22(16-34)14-21-7-9-24(30)10-8-21/h7-10,22-23,25H,4-6,11-18H2,1-3H3,(H2,31,32,33,38)/t22-,23+,25+/m0/s1. The molecule has 1 aromatic carbocycles. The van der Waals surface area contributed by atoms with Crippen LogP contribution in [0.5, 0.6) is 0 Å². The molecular formula is C29H40FN5O4S. The highest BCUT2D eigenvalue weighted by molar-refractivity contribution is 7.17. The lowest BCUT2D eigenvalue weighted by molar-refractivity contribution is -0.118. The predicted octanol–water partition coefficient (Wildman–Crippen LogP) is 4.12. The molecule has 4 rings (SSSR count). The molecule has 0 unspecified atom stereocenters. The van der Waals surface area contributed by atoms with Crippen LogP contribution in [0.3, 0.4) is 0 Å². The van der Waals surface area contributed by atoms with Crippen molar-refractivity contribution in [1.29, 1.82) is 0 Å². The first-order valence-electron chi connectivity index (χ1n) is 14.1. The number of halogens is 1. The number of piperidine rings is 2. The molecule has 3 atom stereocenters. The maximum atomic E-state index is 13.3. The Hall–Kier alpha value is -2.89. The number of nitrogens with one attached hydrogen (secondary N) is 2. The Labute approximate surface area is 239 Å². The zero-order valence-electron chi connectivity index (χ0n) is 23.6. The van der Waals surface area contributed by atoms with Crippen LogP contribution in [0.25, 0.3) is 0 Å². The zero-order valence-corrected chi connectivity index (χ0v) is 24.4. The van der Waals surface area contributed by atoms with Gasteiger partial charge in [0, 0.05) is 38.1 Å². The minimum Gasteiger partial charge on any atom is -0.462 e. The highest BCUT2D eigenvalue weighted by atomic mass is 32.1. The first-order valence-corrected chi connectivity index (χ1v) is 14.9. The molecule has 0 radical (unpaired) electrons. The fourth-order valence-corrected chi connectivity index (χ4v) is 6.70. The summed E-state index contributed by atoms with van der Waals surface area (Å²) < 4.78 is 18.4. The average molecular weight is 574 g/mol. The quantitative estimate of drug-likeness (QED) is 0.412. The van der Waals surface area contributed by atoms with Crippen LogP contribution in [0, 0.1) is 24.6 Å². The van der Waals surface area contributed by atoms with E-state index in [4.69, 9.17) is 4.74 Å². The van der Waals surface area contributed by atoms with Crippen LogP contribution in [0.1, 0.15) is 54.0 Å². The molecule has 2 amide bonds.